The average Bonchev–Trinajstić information content (AvgIpc) is 3.08. The van der Waals surface area contributed by atoms with Gasteiger partial charge in [0.25, 0.3) is 0 Å². The molecule has 0 aliphatic heterocycles. The van der Waals surface area contributed by atoms with Crippen molar-refractivity contribution in [3.63, 3.8) is 0 Å². The van der Waals surface area contributed by atoms with Gasteiger partial charge in [-0.3, -0.25) is 9.59 Å². The molecule has 0 unspecified atom stereocenters. The number of hydrogen-bond donors (Lipinski definition) is 0. The van der Waals surface area contributed by atoms with Crippen molar-refractivity contribution in [2.45, 2.75) is 6.92 Å². The second kappa shape index (κ2) is 8.21. The van der Waals surface area contributed by atoms with Crippen LogP contribution in [0.3, 0.4) is 0 Å². The van der Waals surface area contributed by atoms with Crippen LogP contribution < -0.4 is 0 Å². The molecular weight excluding hydrogens is 391 g/mol. The van der Waals surface area contributed by atoms with Crippen LogP contribution in [0.5, 0.6) is 0 Å². The molecule has 0 amide bonds. The van der Waals surface area contributed by atoms with Crippen molar-refractivity contribution in [3.8, 4) is 6.07 Å². The monoisotopic (exact) mass is 408 g/mol. The van der Waals surface area contributed by atoms with Crippen LogP contribution >= 0.6 is 0 Å². The molecule has 0 atom stereocenters. The molecule has 0 saturated heterocycles. The number of carbonyl (C=O) groups excluding carboxylic acids is 2. The molecule has 150 valence electrons. The van der Waals surface area contributed by atoms with E-state index >= 15 is 0 Å². The molecule has 0 aliphatic carbocycles. The number of rotatable bonds is 5. The highest BCUT2D eigenvalue weighted by Gasteiger charge is 2.22. The Labute approximate surface area is 178 Å². The van der Waals surface area contributed by atoms with Crippen LogP contribution in [0.2, 0.25) is 0 Å². The Balaban J connectivity index is 1.90. The van der Waals surface area contributed by atoms with Gasteiger partial charge in [0, 0.05) is 17.3 Å². The smallest absolute Gasteiger partial charge is 0.210 e. The van der Waals surface area contributed by atoms with E-state index in [1.54, 1.807) is 53.9 Å². The number of nitrogens with zero attached hydrogens (tertiary/aromatic N) is 2. The van der Waals surface area contributed by atoms with Crippen molar-refractivity contribution in [2.24, 2.45) is 0 Å². The first-order valence-corrected chi connectivity index (χ1v) is 9.63. The van der Waals surface area contributed by atoms with Crippen LogP contribution in [0.25, 0.3) is 11.6 Å². The number of benzene rings is 2. The van der Waals surface area contributed by atoms with Crippen molar-refractivity contribution >= 4 is 23.2 Å². The largest absolute Gasteiger partial charge is 0.313 e. The van der Waals surface area contributed by atoms with Gasteiger partial charge in [-0.25, -0.2) is 4.39 Å². The normalized spacial score (nSPS) is 11.3. The van der Waals surface area contributed by atoms with E-state index in [2.05, 4.69) is 0 Å². The maximum Gasteiger partial charge on any atom is 0.210 e. The predicted molar refractivity (Wildman–Crippen MR) is 116 cm³/mol. The average molecular weight is 408 g/mol. The number of ketones is 2. The molecule has 2 aromatic heterocycles. The van der Waals surface area contributed by atoms with Gasteiger partial charge >= 0.3 is 0 Å². The van der Waals surface area contributed by atoms with Crippen LogP contribution in [0, 0.1) is 24.1 Å². The van der Waals surface area contributed by atoms with E-state index < -0.39 is 11.6 Å². The summed E-state index contributed by atoms with van der Waals surface area (Å²) in [5.74, 6) is -1.56. The third-order valence-corrected chi connectivity index (χ3v) is 5.16. The van der Waals surface area contributed by atoms with Gasteiger partial charge in [0.1, 0.15) is 17.5 Å². The number of nitriles is 1. The zero-order valence-electron chi connectivity index (χ0n) is 16.7. The Hall–Kier alpha value is -4.30. The first-order chi connectivity index (χ1) is 15.0. The highest BCUT2D eigenvalue weighted by atomic mass is 19.1. The topological polar surface area (TPSA) is 62.3 Å². The lowest BCUT2D eigenvalue weighted by molar-refractivity contribution is 0.102. The van der Waals surface area contributed by atoms with Crippen molar-refractivity contribution in [1.82, 2.24) is 4.40 Å². The summed E-state index contributed by atoms with van der Waals surface area (Å²) in [7, 11) is 0. The second-order valence-corrected chi connectivity index (χ2v) is 7.02. The Kier molecular flexibility index (Phi) is 5.30. The highest BCUT2D eigenvalue weighted by molar-refractivity contribution is 6.15. The summed E-state index contributed by atoms with van der Waals surface area (Å²) in [4.78, 5) is 26.0. The summed E-state index contributed by atoms with van der Waals surface area (Å²) in [6.45, 7) is 1.78. The summed E-state index contributed by atoms with van der Waals surface area (Å²) < 4.78 is 15.8. The van der Waals surface area contributed by atoms with Gasteiger partial charge in [-0.2, -0.15) is 5.26 Å². The zero-order valence-corrected chi connectivity index (χ0v) is 16.7. The molecule has 0 saturated carbocycles. The number of aromatic nitrogens is 1. The molecule has 2 aromatic carbocycles. The Bertz CT molecular complexity index is 1390. The van der Waals surface area contributed by atoms with E-state index in [1.165, 1.54) is 24.3 Å². The molecular formula is C26H17FN2O2. The third-order valence-electron chi connectivity index (χ3n) is 5.16. The first kappa shape index (κ1) is 20.0. The fraction of sp³-hybridized carbons (Fsp3) is 0.0385. The van der Waals surface area contributed by atoms with E-state index in [0.29, 0.717) is 27.9 Å². The predicted octanol–water partition coefficient (Wildman–Crippen LogP) is 5.41. The molecule has 0 fully saturated rings. The lowest BCUT2D eigenvalue weighted by atomic mass is 9.99. The van der Waals surface area contributed by atoms with Gasteiger partial charge in [-0.15, -0.1) is 0 Å². The van der Waals surface area contributed by atoms with Crippen LogP contribution in [-0.4, -0.2) is 16.0 Å². The van der Waals surface area contributed by atoms with E-state index in [-0.39, 0.29) is 16.9 Å². The SMILES string of the molecule is Cc1c(/C=C(\C#N)C(=O)c2ccccc2F)c2ccccn2c1C(=O)c1ccccc1. The van der Waals surface area contributed by atoms with Gasteiger partial charge in [0.05, 0.1) is 16.8 Å². The standard InChI is InChI=1S/C26H17FN2O2/c1-17-21(15-19(16-28)25(30)20-11-5-6-12-22(20)27)23-13-7-8-14-29(23)24(17)26(31)18-9-3-2-4-10-18/h2-15H,1H3/b19-15+. The summed E-state index contributed by atoms with van der Waals surface area (Å²) in [6.07, 6.45) is 3.20. The number of carbonyl (C=O) groups is 2. The zero-order chi connectivity index (χ0) is 22.0. The Morgan fingerprint density at radius 2 is 1.65 bits per heavy atom. The Morgan fingerprint density at radius 1 is 0.968 bits per heavy atom. The van der Waals surface area contributed by atoms with Gasteiger partial charge < -0.3 is 4.40 Å². The first-order valence-electron chi connectivity index (χ1n) is 9.63. The summed E-state index contributed by atoms with van der Waals surface area (Å²) in [6, 6.07) is 21.8. The van der Waals surface area contributed by atoms with Gasteiger partial charge in [0.2, 0.25) is 11.6 Å². The van der Waals surface area contributed by atoms with E-state index in [0.717, 1.165) is 0 Å². The van der Waals surface area contributed by atoms with Crippen molar-refractivity contribution in [1.29, 1.82) is 5.26 Å². The minimum atomic E-state index is -0.703. The maximum absolute atomic E-state index is 14.1. The van der Waals surface area contributed by atoms with Crippen LogP contribution in [0.1, 0.15) is 37.5 Å². The molecule has 4 rings (SSSR count). The summed E-state index contributed by atoms with van der Waals surface area (Å²) in [5.41, 5.74) is 2.49. The molecule has 0 bridgehead atoms. The maximum atomic E-state index is 14.1. The van der Waals surface area contributed by atoms with Gasteiger partial charge in [-0.05, 0) is 42.8 Å². The highest BCUT2D eigenvalue weighted by Crippen LogP contribution is 2.28. The molecule has 0 aliphatic rings. The number of allylic oxidation sites excluding steroid dienone is 1. The molecule has 31 heavy (non-hydrogen) atoms. The molecule has 4 aromatic rings. The fourth-order valence-electron chi connectivity index (χ4n) is 3.63. The van der Waals surface area contributed by atoms with Crippen LogP contribution in [-0.2, 0) is 0 Å². The quantitative estimate of drug-likeness (QED) is 0.252. The molecule has 4 nitrogen and oxygen atoms in total. The lowest BCUT2D eigenvalue weighted by Gasteiger charge is -2.03. The molecule has 0 radical (unpaired) electrons. The van der Waals surface area contributed by atoms with Crippen LogP contribution in [0.4, 0.5) is 4.39 Å². The second-order valence-electron chi connectivity index (χ2n) is 7.02. The number of Topliss-reactive ketones (excluding diaryl/α,β-unsaturated/α-hetero) is 1. The number of fused-ring (bicyclic) bond motifs is 1. The number of hydrogen-bond acceptors (Lipinski definition) is 3. The number of pyridine rings is 1. The van der Waals surface area contributed by atoms with Gasteiger partial charge in [0.15, 0.2) is 0 Å². The van der Waals surface area contributed by atoms with E-state index in [4.69, 9.17) is 0 Å². The summed E-state index contributed by atoms with van der Waals surface area (Å²) >= 11 is 0. The Morgan fingerprint density at radius 3 is 2.35 bits per heavy atom. The molecule has 5 heteroatoms. The number of halogens is 1. The van der Waals surface area contributed by atoms with Gasteiger partial charge in [-0.1, -0.05) is 48.5 Å². The minimum absolute atomic E-state index is 0.169. The molecule has 2 heterocycles. The van der Waals surface area contributed by atoms with Crippen molar-refractivity contribution in [2.75, 3.05) is 0 Å². The molecule has 0 N–H and O–H groups in total. The third kappa shape index (κ3) is 3.56. The lowest BCUT2D eigenvalue weighted by Crippen LogP contribution is -2.06. The fourth-order valence-corrected chi connectivity index (χ4v) is 3.63. The van der Waals surface area contributed by atoms with E-state index in [9.17, 15) is 19.2 Å². The van der Waals surface area contributed by atoms with Crippen molar-refractivity contribution < 1.29 is 14.0 Å². The van der Waals surface area contributed by atoms with Crippen molar-refractivity contribution in [3.05, 3.63) is 118 Å². The summed E-state index contributed by atoms with van der Waals surface area (Å²) in [5, 5.41) is 9.63. The minimum Gasteiger partial charge on any atom is -0.313 e. The molecule has 0 spiro atoms. The van der Waals surface area contributed by atoms with Crippen LogP contribution in [0.15, 0.2) is 84.6 Å². The van der Waals surface area contributed by atoms with E-state index in [1.807, 2.05) is 24.3 Å².